The zero-order valence-electron chi connectivity index (χ0n) is 13.3. The van der Waals surface area contributed by atoms with Crippen molar-refractivity contribution in [1.29, 1.82) is 0 Å². The van der Waals surface area contributed by atoms with Gasteiger partial charge in [0.15, 0.2) is 5.82 Å². The summed E-state index contributed by atoms with van der Waals surface area (Å²) < 4.78 is 28.5. The zero-order chi connectivity index (χ0) is 18.0. The standard InChI is InChI=1S/C15H14ClF2N7/c1-8(13-11(18)3-9(17)4-19-13)22-15-20-5-10(16)14(24-15)23-12-6-25(2)7-21-12/h3-8H,1-2H3,(H2,20,22,23,24)/t8-/m0/s1. The molecule has 2 N–H and O–H groups in total. The third-order valence-electron chi connectivity index (χ3n) is 3.29. The van der Waals surface area contributed by atoms with Crippen molar-refractivity contribution in [3.8, 4) is 0 Å². The predicted octanol–water partition coefficient (Wildman–Crippen LogP) is 3.45. The Hall–Kier alpha value is -2.81. The van der Waals surface area contributed by atoms with E-state index in [4.69, 9.17) is 11.6 Å². The van der Waals surface area contributed by atoms with Gasteiger partial charge in [-0.1, -0.05) is 11.6 Å². The molecular weight excluding hydrogens is 352 g/mol. The van der Waals surface area contributed by atoms with Gasteiger partial charge < -0.3 is 15.2 Å². The Morgan fingerprint density at radius 1 is 1.20 bits per heavy atom. The highest BCUT2D eigenvalue weighted by Crippen LogP contribution is 2.24. The van der Waals surface area contributed by atoms with Crippen molar-refractivity contribution in [1.82, 2.24) is 24.5 Å². The van der Waals surface area contributed by atoms with E-state index in [9.17, 15) is 8.78 Å². The molecule has 0 unspecified atom stereocenters. The molecule has 0 fully saturated rings. The lowest BCUT2D eigenvalue weighted by atomic mass is 10.2. The van der Waals surface area contributed by atoms with Gasteiger partial charge in [-0.15, -0.1) is 0 Å². The van der Waals surface area contributed by atoms with Gasteiger partial charge in [-0.3, -0.25) is 4.98 Å². The zero-order valence-corrected chi connectivity index (χ0v) is 14.1. The van der Waals surface area contributed by atoms with Crippen molar-refractivity contribution in [3.63, 3.8) is 0 Å². The number of pyridine rings is 1. The van der Waals surface area contributed by atoms with Crippen LogP contribution in [0.5, 0.6) is 0 Å². The van der Waals surface area contributed by atoms with E-state index in [1.165, 1.54) is 6.20 Å². The smallest absolute Gasteiger partial charge is 0.225 e. The summed E-state index contributed by atoms with van der Waals surface area (Å²) in [6, 6.07) is 0.196. The van der Waals surface area contributed by atoms with Crippen LogP contribution in [0.25, 0.3) is 0 Å². The molecule has 0 bridgehead atoms. The Kier molecular flexibility index (Phi) is 4.75. The Morgan fingerprint density at radius 3 is 2.68 bits per heavy atom. The molecule has 130 valence electrons. The number of hydrogen-bond acceptors (Lipinski definition) is 6. The summed E-state index contributed by atoms with van der Waals surface area (Å²) in [5, 5.41) is 6.18. The van der Waals surface area contributed by atoms with Gasteiger partial charge in [-0.25, -0.2) is 18.7 Å². The first-order valence-corrected chi connectivity index (χ1v) is 7.65. The molecule has 0 radical (unpaired) electrons. The largest absolute Gasteiger partial charge is 0.346 e. The van der Waals surface area contributed by atoms with Crippen LogP contribution in [-0.4, -0.2) is 24.5 Å². The van der Waals surface area contributed by atoms with Crippen LogP contribution in [0.3, 0.4) is 0 Å². The van der Waals surface area contributed by atoms with Crippen LogP contribution in [0.2, 0.25) is 5.02 Å². The number of aromatic nitrogens is 5. The topological polar surface area (TPSA) is 80.5 Å². The molecule has 3 aromatic rings. The highest BCUT2D eigenvalue weighted by molar-refractivity contribution is 6.32. The summed E-state index contributed by atoms with van der Waals surface area (Å²) in [5.74, 6) is -0.370. The van der Waals surface area contributed by atoms with Gasteiger partial charge in [0.2, 0.25) is 5.95 Å². The lowest BCUT2D eigenvalue weighted by Crippen LogP contribution is -2.13. The van der Waals surface area contributed by atoms with Crippen LogP contribution < -0.4 is 10.6 Å². The van der Waals surface area contributed by atoms with E-state index in [2.05, 4.69) is 30.6 Å². The van der Waals surface area contributed by atoms with Crippen LogP contribution in [0, 0.1) is 11.6 Å². The second-order valence-electron chi connectivity index (χ2n) is 5.33. The number of imidazole rings is 1. The first-order chi connectivity index (χ1) is 11.9. The predicted molar refractivity (Wildman–Crippen MR) is 89.7 cm³/mol. The van der Waals surface area contributed by atoms with Crippen LogP contribution in [0.15, 0.2) is 31.0 Å². The quantitative estimate of drug-likeness (QED) is 0.720. The number of nitrogens with one attached hydrogen (secondary N) is 2. The summed E-state index contributed by atoms with van der Waals surface area (Å²) in [6.45, 7) is 1.66. The van der Waals surface area contributed by atoms with Crippen molar-refractivity contribution in [2.24, 2.45) is 7.05 Å². The fourth-order valence-corrected chi connectivity index (χ4v) is 2.27. The average Bonchev–Trinajstić information content (AvgIpc) is 2.95. The van der Waals surface area contributed by atoms with Gasteiger partial charge in [-0.2, -0.15) is 4.98 Å². The van der Waals surface area contributed by atoms with Crippen LogP contribution in [-0.2, 0) is 7.05 Å². The summed E-state index contributed by atoms with van der Waals surface area (Å²) in [6.07, 6.45) is 5.74. The molecule has 1 atom stereocenters. The van der Waals surface area contributed by atoms with Crippen molar-refractivity contribution in [2.45, 2.75) is 13.0 Å². The summed E-state index contributed by atoms with van der Waals surface area (Å²) in [7, 11) is 1.83. The van der Waals surface area contributed by atoms with Gasteiger partial charge in [0.25, 0.3) is 0 Å². The SMILES string of the molecule is C[C@H](Nc1ncc(Cl)c(Nc2cn(C)cn2)n1)c1ncc(F)cc1F. The van der Waals surface area contributed by atoms with Crippen LogP contribution in [0.1, 0.15) is 18.7 Å². The number of rotatable bonds is 5. The highest BCUT2D eigenvalue weighted by atomic mass is 35.5. The fraction of sp³-hybridized carbons (Fsp3) is 0.200. The van der Waals surface area contributed by atoms with Gasteiger partial charge in [0, 0.05) is 19.3 Å². The molecule has 0 amide bonds. The van der Waals surface area contributed by atoms with Crippen molar-refractivity contribution in [3.05, 3.63) is 53.3 Å². The van der Waals surface area contributed by atoms with E-state index in [1.54, 1.807) is 24.0 Å². The van der Waals surface area contributed by atoms with Crippen molar-refractivity contribution < 1.29 is 8.78 Å². The lowest BCUT2D eigenvalue weighted by Gasteiger charge is -2.15. The fourth-order valence-electron chi connectivity index (χ4n) is 2.13. The van der Waals surface area contributed by atoms with Gasteiger partial charge in [0.05, 0.1) is 30.5 Å². The second kappa shape index (κ2) is 6.98. The number of anilines is 3. The average molecular weight is 366 g/mol. The van der Waals surface area contributed by atoms with E-state index in [1.807, 2.05) is 7.05 Å². The molecule has 7 nitrogen and oxygen atoms in total. The number of hydrogen-bond donors (Lipinski definition) is 2. The number of aryl methyl sites for hydroxylation is 1. The first-order valence-electron chi connectivity index (χ1n) is 7.27. The molecule has 25 heavy (non-hydrogen) atoms. The molecule has 3 aromatic heterocycles. The third kappa shape index (κ3) is 4.00. The van der Waals surface area contributed by atoms with Crippen LogP contribution in [0.4, 0.5) is 26.4 Å². The lowest BCUT2D eigenvalue weighted by molar-refractivity contribution is 0.550. The minimum absolute atomic E-state index is 0.0548. The normalized spacial score (nSPS) is 12.0. The molecule has 3 rings (SSSR count). The maximum Gasteiger partial charge on any atom is 0.225 e. The van der Waals surface area contributed by atoms with E-state index < -0.39 is 17.7 Å². The number of halogens is 3. The Bertz CT molecular complexity index is 899. The first kappa shape index (κ1) is 17.0. The summed E-state index contributed by atoms with van der Waals surface area (Å²) in [4.78, 5) is 16.2. The van der Waals surface area contributed by atoms with Crippen molar-refractivity contribution >= 4 is 29.2 Å². The minimum atomic E-state index is -0.749. The molecule has 0 aliphatic heterocycles. The van der Waals surface area contributed by atoms with Crippen molar-refractivity contribution in [2.75, 3.05) is 10.6 Å². The molecule has 0 aliphatic rings. The van der Waals surface area contributed by atoms with Crippen LogP contribution >= 0.6 is 11.6 Å². The van der Waals surface area contributed by atoms with E-state index in [-0.39, 0.29) is 11.6 Å². The second-order valence-corrected chi connectivity index (χ2v) is 5.73. The summed E-state index contributed by atoms with van der Waals surface area (Å²) >= 11 is 6.09. The Labute approximate surface area is 147 Å². The molecule has 0 spiro atoms. The van der Waals surface area contributed by atoms with Gasteiger partial charge in [-0.05, 0) is 6.92 Å². The van der Waals surface area contributed by atoms with E-state index >= 15 is 0 Å². The molecule has 0 saturated heterocycles. The molecule has 0 aliphatic carbocycles. The highest BCUT2D eigenvalue weighted by Gasteiger charge is 2.15. The molecular formula is C15H14ClF2N7. The van der Waals surface area contributed by atoms with E-state index in [0.717, 1.165) is 12.3 Å². The summed E-state index contributed by atoms with van der Waals surface area (Å²) in [5.41, 5.74) is 0.0548. The monoisotopic (exact) mass is 365 g/mol. The minimum Gasteiger partial charge on any atom is -0.346 e. The van der Waals surface area contributed by atoms with E-state index in [0.29, 0.717) is 16.7 Å². The molecule has 3 heterocycles. The molecule has 10 heteroatoms. The third-order valence-corrected chi connectivity index (χ3v) is 3.56. The Morgan fingerprint density at radius 2 is 2.00 bits per heavy atom. The van der Waals surface area contributed by atoms with Gasteiger partial charge >= 0.3 is 0 Å². The molecule has 0 aromatic carbocycles. The Balaban J connectivity index is 1.79. The maximum absolute atomic E-state index is 13.8. The van der Waals surface area contributed by atoms with Gasteiger partial charge in [0.1, 0.15) is 22.5 Å². The molecule has 0 saturated carbocycles. The maximum atomic E-state index is 13.8. The number of nitrogens with zero attached hydrogens (tertiary/aromatic N) is 5.